The van der Waals surface area contributed by atoms with E-state index in [4.69, 9.17) is 23.4 Å². The number of amides is 1. The molecular formula is C33H24BrNO7. The van der Waals surface area contributed by atoms with Crippen molar-refractivity contribution in [1.29, 1.82) is 0 Å². The highest BCUT2D eigenvalue weighted by molar-refractivity contribution is 9.10. The summed E-state index contributed by atoms with van der Waals surface area (Å²) in [4.78, 5) is 29.6. The van der Waals surface area contributed by atoms with Crippen molar-refractivity contribution in [2.75, 3.05) is 13.9 Å². The molecule has 2 aliphatic rings. The number of halogens is 1. The number of hydrogen-bond acceptors (Lipinski definition) is 7. The second-order valence-corrected chi connectivity index (χ2v) is 10.9. The van der Waals surface area contributed by atoms with Crippen LogP contribution in [0.5, 0.6) is 23.0 Å². The fourth-order valence-corrected chi connectivity index (χ4v) is 5.81. The summed E-state index contributed by atoms with van der Waals surface area (Å²) >= 11 is 3.45. The first-order valence-corrected chi connectivity index (χ1v) is 14.1. The van der Waals surface area contributed by atoms with Crippen molar-refractivity contribution < 1.29 is 28.2 Å². The summed E-state index contributed by atoms with van der Waals surface area (Å²) in [6.45, 7) is 0.717. The molecule has 7 rings (SSSR count). The molecule has 3 heterocycles. The largest absolute Gasteiger partial charge is 0.493 e. The third-order valence-corrected chi connectivity index (χ3v) is 7.95. The van der Waals surface area contributed by atoms with Crippen molar-refractivity contribution in [3.8, 4) is 23.0 Å². The van der Waals surface area contributed by atoms with E-state index in [9.17, 15) is 9.59 Å². The first-order chi connectivity index (χ1) is 20.5. The quantitative estimate of drug-likeness (QED) is 0.201. The number of methoxy groups -OCH3 is 1. The van der Waals surface area contributed by atoms with Gasteiger partial charge in [-0.2, -0.15) is 0 Å². The van der Waals surface area contributed by atoms with Gasteiger partial charge in [0.1, 0.15) is 12.2 Å². The van der Waals surface area contributed by atoms with Gasteiger partial charge in [-0.3, -0.25) is 9.59 Å². The van der Waals surface area contributed by atoms with Gasteiger partial charge in [0.25, 0.3) is 5.91 Å². The van der Waals surface area contributed by atoms with Gasteiger partial charge in [-0.05, 0) is 59.2 Å². The maximum atomic E-state index is 14.0. The third-order valence-electron chi connectivity index (χ3n) is 7.46. The van der Waals surface area contributed by atoms with E-state index < -0.39 is 6.04 Å². The van der Waals surface area contributed by atoms with E-state index >= 15 is 0 Å². The average molecular weight is 626 g/mol. The molecule has 0 aliphatic carbocycles. The number of ether oxygens (including phenoxy) is 4. The number of hydrogen-bond donors (Lipinski definition) is 0. The highest BCUT2D eigenvalue weighted by atomic mass is 79.9. The van der Waals surface area contributed by atoms with Crippen LogP contribution in [0.1, 0.15) is 38.9 Å². The second-order valence-electron chi connectivity index (χ2n) is 10.0. The molecule has 5 aromatic rings. The maximum Gasteiger partial charge on any atom is 0.291 e. The van der Waals surface area contributed by atoms with Crippen LogP contribution < -0.4 is 24.4 Å². The lowest BCUT2D eigenvalue weighted by Crippen LogP contribution is -2.29. The molecular weight excluding hydrogens is 602 g/mol. The first-order valence-electron chi connectivity index (χ1n) is 13.3. The van der Waals surface area contributed by atoms with Crippen LogP contribution in [0, 0.1) is 0 Å². The van der Waals surface area contributed by atoms with Crippen LogP contribution >= 0.6 is 15.9 Å². The summed E-state index contributed by atoms with van der Waals surface area (Å²) in [6, 6.07) is 25.3. The Bertz CT molecular complexity index is 1900. The molecule has 1 aromatic heterocycles. The van der Waals surface area contributed by atoms with Crippen molar-refractivity contribution in [3.05, 3.63) is 128 Å². The molecule has 0 spiro atoms. The van der Waals surface area contributed by atoms with Gasteiger partial charge in [-0.15, -0.1) is 0 Å². The first kappa shape index (κ1) is 26.2. The molecule has 1 amide bonds. The van der Waals surface area contributed by atoms with E-state index in [1.54, 1.807) is 36.3 Å². The fourth-order valence-electron chi connectivity index (χ4n) is 5.45. The van der Waals surface area contributed by atoms with Gasteiger partial charge in [0.05, 0.1) is 24.1 Å². The molecule has 1 unspecified atom stereocenters. The van der Waals surface area contributed by atoms with Crippen molar-refractivity contribution in [2.45, 2.75) is 19.2 Å². The Hall–Kier alpha value is -4.76. The molecule has 0 N–H and O–H groups in total. The van der Waals surface area contributed by atoms with Gasteiger partial charge < -0.3 is 28.3 Å². The van der Waals surface area contributed by atoms with Gasteiger partial charge in [0.2, 0.25) is 12.6 Å². The number of fused-ring (bicyclic) bond motifs is 3. The minimum atomic E-state index is -0.727. The number of nitrogens with zero attached hydrogens (tertiary/aromatic N) is 1. The van der Waals surface area contributed by atoms with E-state index in [1.807, 2.05) is 60.7 Å². The van der Waals surface area contributed by atoms with E-state index in [-0.39, 0.29) is 36.0 Å². The highest BCUT2D eigenvalue weighted by Gasteiger charge is 2.43. The zero-order chi connectivity index (χ0) is 28.8. The van der Waals surface area contributed by atoms with Gasteiger partial charge in [-0.25, -0.2) is 0 Å². The van der Waals surface area contributed by atoms with Crippen LogP contribution in [0.15, 0.2) is 98.6 Å². The van der Waals surface area contributed by atoms with Crippen molar-refractivity contribution in [1.82, 2.24) is 4.90 Å². The summed E-state index contributed by atoms with van der Waals surface area (Å²) < 4.78 is 29.6. The summed E-state index contributed by atoms with van der Waals surface area (Å²) in [6.07, 6.45) is 0. The van der Waals surface area contributed by atoms with Gasteiger partial charge in [-0.1, -0.05) is 58.4 Å². The van der Waals surface area contributed by atoms with E-state index in [0.717, 1.165) is 15.6 Å². The zero-order valence-corrected chi connectivity index (χ0v) is 24.1. The molecule has 0 saturated heterocycles. The predicted molar refractivity (Wildman–Crippen MR) is 158 cm³/mol. The van der Waals surface area contributed by atoms with Crippen molar-refractivity contribution in [3.63, 3.8) is 0 Å². The lowest BCUT2D eigenvalue weighted by atomic mass is 9.97. The smallest absolute Gasteiger partial charge is 0.291 e. The Morgan fingerprint density at radius 1 is 0.881 bits per heavy atom. The third kappa shape index (κ3) is 4.55. The van der Waals surface area contributed by atoms with E-state index in [1.165, 1.54) is 0 Å². The Balaban J connectivity index is 1.32. The van der Waals surface area contributed by atoms with E-state index in [0.29, 0.717) is 46.1 Å². The van der Waals surface area contributed by atoms with Crippen LogP contribution in [-0.2, 0) is 13.2 Å². The minimum Gasteiger partial charge on any atom is -0.493 e. The van der Waals surface area contributed by atoms with Crippen LogP contribution in [0.2, 0.25) is 0 Å². The summed E-state index contributed by atoms with van der Waals surface area (Å²) in [5, 5.41) is 0.389. The monoisotopic (exact) mass is 625 g/mol. The number of carbonyl (C=O) groups excluding carboxylic acids is 1. The number of benzene rings is 4. The molecule has 1 atom stereocenters. The van der Waals surface area contributed by atoms with Crippen molar-refractivity contribution in [2.24, 2.45) is 0 Å². The molecule has 0 fully saturated rings. The molecule has 42 heavy (non-hydrogen) atoms. The standard InChI is InChI=1S/C33H24BrNO7/c1-38-27-14-21(8-11-25(27)39-17-19-5-3-2-4-6-19)30-29-31(36)23-15-22(34)9-12-24(23)42-32(29)33(37)35(30)16-20-7-10-26-28(13-20)41-18-40-26/h2-15,30H,16-18H2,1H3. The minimum absolute atomic E-state index is 0.0314. The summed E-state index contributed by atoms with van der Waals surface area (Å²) in [5.41, 5.74) is 2.90. The topological polar surface area (TPSA) is 87.4 Å². The summed E-state index contributed by atoms with van der Waals surface area (Å²) in [7, 11) is 1.56. The molecule has 8 nitrogen and oxygen atoms in total. The number of carbonyl (C=O) groups is 1. The normalized spacial score (nSPS) is 15.2. The molecule has 2 aliphatic heterocycles. The Morgan fingerprint density at radius 3 is 2.55 bits per heavy atom. The van der Waals surface area contributed by atoms with Crippen LogP contribution in [-0.4, -0.2) is 24.7 Å². The molecule has 0 radical (unpaired) electrons. The van der Waals surface area contributed by atoms with Gasteiger partial charge in [0, 0.05) is 11.0 Å². The maximum absolute atomic E-state index is 14.0. The predicted octanol–water partition coefficient (Wildman–Crippen LogP) is 6.62. The fraction of sp³-hybridized carbons (Fsp3) is 0.152. The van der Waals surface area contributed by atoms with Crippen LogP contribution in [0.4, 0.5) is 0 Å². The Labute approximate surface area is 249 Å². The van der Waals surface area contributed by atoms with E-state index in [2.05, 4.69) is 15.9 Å². The summed E-state index contributed by atoms with van der Waals surface area (Å²) in [5.74, 6) is 1.95. The molecule has 0 bridgehead atoms. The van der Waals surface area contributed by atoms with Crippen LogP contribution in [0.25, 0.3) is 11.0 Å². The molecule has 9 heteroatoms. The lowest BCUT2D eigenvalue weighted by Gasteiger charge is -2.26. The lowest BCUT2D eigenvalue weighted by molar-refractivity contribution is 0.0714. The molecule has 0 saturated carbocycles. The Morgan fingerprint density at radius 2 is 1.71 bits per heavy atom. The number of rotatable bonds is 7. The SMILES string of the molecule is COc1cc(C2c3c(oc4ccc(Br)cc4c3=O)C(=O)N2Cc2ccc3c(c2)OCO3)ccc1OCc1ccccc1. The molecule has 4 aromatic carbocycles. The zero-order valence-electron chi connectivity index (χ0n) is 22.5. The second kappa shape index (κ2) is 10.6. The Kier molecular flexibility index (Phi) is 6.59. The van der Waals surface area contributed by atoms with Crippen molar-refractivity contribution >= 4 is 32.8 Å². The highest BCUT2D eigenvalue weighted by Crippen LogP contribution is 2.43. The average Bonchev–Trinajstić information content (AvgIpc) is 3.59. The van der Waals surface area contributed by atoms with Gasteiger partial charge in [0.15, 0.2) is 28.4 Å². The molecule has 210 valence electrons. The van der Waals surface area contributed by atoms with Crippen LogP contribution in [0.3, 0.4) is 0 Å². The van der Waals surface area contributed by atoms with Gasteiger partial charge >= 0.3 is 0 Å².